The van der Waals surface area contributed by atoms with Gasteiger partial charge in [-0.2, -0.15) is 0 Å². The van der Waals surface area contributed by atoms with Crippen molar-refractivity contribution in [2.75, 3.05) is 13.1 Å². The molecule has 134 valence electrons. The highest BCUT2D eigenvalue weighted by Gasteiger charge is 2.72. The van der Waals surface area contributed by atoms with Crippen molar-refractivity contribution in [3.8, 4) is 11.5 Å². The lowest BCUT2D eigenvalue weighted by atomic mass is 9.48. The fourth-order valence-electron chi connectivity index (χ4n) is 6.52. The minimum Gasteiger partial charge on any atom is -0.504 e. The standard InChI is InChI=1S/C20H26N2O3/c21-13-5-6-20(24)15-9-12-3-4-14(23)17-16(12)19(20,18(13)25-17)7-8-22(15)10-11-1-2-11/h3-4,11,13,15,18,23-24H,1-2,5-10,21H2/t13-,15+,18-,19-,20+/m0/s1. The molecule has 1 aromatic rings. The Bertz CT molecular complexity index is 764. The molecule has 0 radical (unpaired) electrons. The fourth-order valence-corrected chi connectivity index (χ4v) is 6.52. The number of hydrogen-bond acceptors (Lipinski definition) is 5. The number of phenolic OH excluding ortho intramolecular Hbond substituents is 1. The molecule has 5 nitrogen and oxygen atoms in total. The van der Waals surface area contributed by atoms with Crippen LogP contribution in [0.5, 0.6) is 11.5 Å². The van der Waals surface area contributed by atoms with E-state index in [4.69, 9.17) is 10.5 Å². The summed E-state index contributed by atoms with van der Waals surface area (Å²) in [5, 5.41) is 22.5. The van der Waals surface area contributed by atoms with Gasteiger partial charge in [0.05, 0.1) is 11.0 Å². The van der Waals surface area contributed by atoms with E-state index in [1.807, 2.05) is 6.07 Å². The maximum atomic E-state index is 12.1. The largest absolute Gasteiger partial charge is 0.504 e. The molecule has 0 unspecified atom stereocenters. The van der Waals surface area contributed by atoms with Crippen LogP contribution in [0.15, 0.2) is 12.1 Å². The Morgan fingerprint density at radius 3 is 2.88 bits per heavy atom. The normalized spacial score (nSPS) is 44.3. The molecule has 25 heavy (non-hydrogen) atoms. The van der Waals surface area contributed by atoms with Gasteiger partial charge in [-0.15, -0.1) is 0 Å². The van der Waals surface area contributed by atoms with E-state index in [1.54, 1.807) is 6.07 Å². The molecule has 2 bridgehead atoms. The fraction of sp³-hybridized carbons (Fsp3) is 0.700. The molecule has 1 saturated heterocycles. The third-order valence-electron chi connectivity index (χ3n) is 7.81. The predicted octanol–water partition coefficient (Wildman–Crippen LogP) is 1.28. The number of rotatable bonds is 2. The monoisotopic (exact) mass is 342 g/mol. The van der Waals surface area contributed by atoms with Gasteiger partial charge < -0.3 is 20.7 Å². The third-order valence-corrected chi connectivity index (χ3v) is 7.81. The zero-order chi connectivity index (χ0) is 17.0. The quantitative estimate of drug-likeness (QED) is 0.755. The second-order valence-corrected chi connectivity index (χ2v) is 8.99. The van der Waals surface area contributed by atoms with E-state index >= 15 is 0 Å². The maximum Gasteiger partial charge on any atom is 0.165 e. The lowest BCUT2D eigenvalue weighted by Crippen LogP contribution is -2.77. The summed E-state index contributed by atoms with van der Waals surface area (Å²) in [5.41, 5.74) is 7.53. The third kappa shape index (κ3) is 1.61. The van der Waals surface area contributed by atoms with Crippen LogP contribution in [0.2, 0.25) is 0 Å². The van der Waals surface area contributed by atoms with E-state index in [0.29, 0.717) is 5.75 Å². The molecular weight excluding hydrogens is 316 g/mol. The highest BCUT2D eigenvalue weighted by Crippen LogP contribution is 2.65. The first-order valence-corrected chi connectivity index (χ1v) is 9.78. The number of nitrogens with zero attached hydrogens (tertiary/aromatic N) is 1. The van der Waals surface area contributed by atoms with Gasteiger partial charge in [0.15, 0.2) is 11.5 Å². The first-order valence-electron chi connectivity index (χ1n) is 9.78. The van der Waals surface area contributed by atoms with Gasteiger partial charge >= 0.3 is 0 Å². The number of likely N-dealkylation sites (tertiary alicyclic amines) is 1. The Labute approximate surface area is 147 Å². The molecule has 5 atom stereocenters. The molecule has 4 N–H and O–H groups in total. The van der Waals surface area contributed by atoms with Gasteiger partial charge in [-0.05, 0) is 62.6 Å². The highest BCUT2D eigenvalue weighted by atomic mass is 16.5. The number of nitrogens with two attached hydrogens (primary N) is 1. The van der Waals surface area contributed by atoms with E-state index in [0.717, 1.165) is 50.3 Å². The topological polar surface area (TPSA) is 79.0 Å². The zero-order valence-corrected chi connectivity index (χ0v) is 14.4. The summed E-state index contributed by atoms with van der Waals surface area (Å²) in [6.45, 7) is 2.10. The van der Waals surface area contributed by atoms with Crippen LogP contribution in [0, 0.1) is 5.92 Å². The highest BCUT2D eigenvalue weighted by molar-refractivity contribution is 5.62. The van der Waals surface area contributed by atoms with Gasteiger partial charge in [0.25, 0.3) is 0 Å². The Morgan fingerprint density at radius 2 is 2.08 bits per heavy atom. The summed E-state index contributed by atoms with van der Waals surface area (Å²) < 4.78 is 6.26. The van der Waals surface area contributed by atoms with Gasteiger partial charge in [-0.25, -0.2) is 0 Å². The second-order valence-electron chi connectivity index (χ2n) is 8.99. The smallest absolute Gasteiger partial charge is 0.165 e. The molecule has 1 aromatic carbocycles. The van der Waals surface area contributed by atoms with E-state index in [9.17, 15) is 10.2 Å². The van der Waals surface area contributed by atoms with Crippen molar-refractivity contribution in [3.05, 3.63) is 23.3 Å². The molecule has 5 heteroatoms. The first kappa shape index (κ1) is 14.8. The van der Waals surface area contributed by atoms with Gasteiger partial charge in [0.2, 0.25) is 0 Å². The van der Waals surface area contributed by atoms with Gasteiger partial charge in [0, 0.05) is 24.2 Å². The van der Waals surface area contributed by atoms with Crippen LogP contribution in [-0.2, 0) is 11.8 Å². The van der Waals surface area contributed by atoms with Crippen LogP contribution in [0.1, 0.15) is 43.2 Å². The SMILES string of the molecule is N[C@H]1CC[C@@]2(O)[C@H]3Cc4ccc(O)c5c4[C@@]2(CCN3CC2CC2)[C@H]1O5. The number of aliphatic hydroxyl groups is 1. The molecule has 6 rings (SSSR count). The number of phenols is 1. The van der Waals surface area contributed by atoms with E-state index in [2.05, 4.69) is 4.90 Å². The Kier molecular flexibility index (Phi) is 2.67. The van der Waals surface area contributed by atoms with Crippen LogP contribution < -0.4 is 10.5 Å². The van der Waals surface area contributed by atoms with Crippen LogP contribution >= 0.6 is 0 Å². The van der Waals surface area contributed by atoms with Gasteiger partial charge in [0.1, 0.15) is 6.10 Å². The summed E-state index contributed by atoms with van der Waals surface area (Å²) in [5.74, 6) is 1.60. The average Bonchev–Trinajstić information content (AvgIpc) is 3.32. The number of piperidine rings is 1. The van der Waals surface area contributed by atoms with Crippen LogP contribution in [-0.4, -0.2) is 52.0 Å². The molecule has 3 fully saturated rings. The maximum absolute atomic E-state index is 12.1. The number of aromatic hydroxyl groups is 1. The second kappa shape index (κ2) is 4.51. The molecule has 2 aliphatic heterocycles. The van der Waals surface area contributed by atoms with E-state index < -0.39 is 11.0 Å². The van der Waals surface area contributed by atoms with Crippen molar-refractivity contribution in [2.45, 2.75) is 67.7 Å². The molecule has 2 saturated carbocycles. The minimum absolute atomic E-state index is 0.0892. The lowest BCUT2D eigenvalue weighted by molar-refractivity contribution is -0.189. The van der Waals surface area contributed by atoms with Crippen molar-refractivity contribution in [3.63, 3.8) is 0 Å². The summed E-state index contributed by atoms with van der Waals surface area (Å²) >= 11 is 0. The number of hydrogen-bond donors (Lipinski definition) is 3. The zero-order valence-electron chi connectivity index (χ0n) is 14.4. The Morgan fingerprint density at radius 1 is 1.24 bits per heavy atom. The Balaban J connectivity index is 1.57. The van der Waals surface area contributed by atoms with Crippen molar-refractivity contribution >= 4 is 0 Å². The first-order chi connectivity index (χ1) is 12.0. The summed E-state index contributed by atoms with van der Waals surface area (Å²) in [6, 6.07) is 3.84. The molecule has 0 amide bonds. The minimum atomic E-state index is -0.799. The molecule has 5 aliphatic rings. The van der Waals surface area contributed by atoms with Gasteiger partial charge in [-0.3, -0.25) is 4.90 Å². The van der Waals surface area contributed by atoms with Crippen molar-refractivity contribution < 1.29 is 14.9 Å². The predicted molar refractivity (Wildman–Crippen MR) is 92.8 cm³/mol. The average molecular weight is 342 g/mol. The van der Waals surface area contributed by atoms with Crippen molar-refractivity contribution in [1.29, 1.82) is 0 Å². The number of benzene rings is 1. The molecule has 3 aliphatic carbocycles. The van der Waals surface area contributed by atoms with E-state index in [-0.39, 0.29) is 23.9 Å². The van der Waals surface area contributed by atoms with Gasteiger partial charge in [-0.1, -0.05) is 6.07 Å². The molecular formula is C20H26N2O3. The van der Waals surface area contributed by atoms with Crippen LogP contribution in [0.25, 0.3) is 0 Å². The summed E-state index contributed by atoms with van der Waals surface area (Å²) in [4.78, 5) is 2.55. The van der Waals surface area contributed by atoms with Crippen molar-refractivity contribution in [1.82, 2.24) is 4.90 Å². The lowest BCUT2D eigenvalue weighted by Gasteiger charge is -2.64. The van der Waals surface area contributed by atoms with Crippen LogP contribution in [0.4, 0.5) is 0 Å². The summed E-state index contributed by atoms with van der Waals surface area (Å²) in [6.07, 6.45) is 5.66. The number of ether oxygens (including phenoxy) is 1. The van der Waals surface area contributed by atoms with Crippen LogP contribution in [0.3, 0.4) is 0 Å². The van der Waals surface area contributed by atoms with E-state index in [1.165, 1.54) is 18.4 Å². The summed E-state index contributed by atoms with van der Waals surface area (Å²) in [7, 11) is 0. The molecule has 0 aromatic heterocycles. The van der Waals surface area contributed by atoms with Crippen molar-refractivity contribution in [2.24, 2.45) is 11.7 Å². The molecule has 2 heterocycles. The molecule has 1 spiro atoms. The Hall–Kier alpha value is -1.30.